The van der Waals surface area contributed by atoms with Crippen LogP contribution in [-0.2, 0) is 19.6 Å². The Kier molecular flexibility index (Phi) is 7.89. The number of aromatic nitrogens is 1. The molecule has 0 aliphatic carbocycles. The molecule has 0 saturated carbocycles. The fourth-order valence-corrected chi connectivity index (χ4v) is 3.19. The van der Waals surface area contributed by atoms with Gasteiger partial charge < -0.3 is 18.9 Å². The lowest BCUT2D eigenvalue weighted by molar-refractivity contribution is 0.0942. The first-order valence-corrected chi connectivity index (χ1v) is 10.7. The minimum Gasteiger partial charge on any atom is -0.494 e. The molecule has 3 aromatic rings. The Labute approximate surface area is 183 Å². The van der Waals surface area contributed by atoms with Gasteiger partial charge in [0.05, 0.1) is 26.0 Å². The summed E-state index contributed by atoms with van der Waals surface area (Å²) in [5.41, 5.74) is 1.44. The van der Waals surface area contributed by atoms with Gasteiger partial charge >= 0.3 is 0 Å². The van der Waals surface area contributed by atoms with Crippen molar-refractivity contribution < 1.29 is 18.4 Å². The van der Waals surface area contributed by atoms with Crippen molar-refractivity contribution in [3.63, 3.8) is 0 Å². The van der Waals surface area contributed by atoms with E-state index in [0.717, 1.165) is 12.3 Å². The molecule has 7 nitrogen and oxygen atoms in total. The SMILES string of the molecule is CCOc1ccc(CN(Cc2nc(C(=O)NCc3ccco3)co2)C(C)C(C)C)cc1. The van der Waals surface area contributed by atoms with Gasteiger partial charge in [-0.25, -0.2) is 4.98 Å². The van der Waals surface area contributed by atoms with Crippen LogP contribution in [0.4, 0.5) is 0 Å². The highest BCUT2D eigenvalue weighted by molar-refractivity contribution is 5.91. The molecule has 0 spiro atoms. The number of furan rings is 1. The van der Waals surface area contributed by atoms with Crippen LogP contribution in [0.15, 0.2) is 57.8 Å². The van der Waals surface area contributed by atoms with Crippen molar-refractivity contribution in [1.29, 1.82) is 0 Å². The predicted molar refractivity (Wildman–Crippen MR) is 118 cm³/mol. The molecule has 0 bridgehead atoms. The molecule has 2 heterocycles. The average Bonchev–Trinajstić information content (AvgIpc) is 3.44. The quantitative estimate of drug-likeness (QED) is 0.482. The molecule has 31 heavy (non-hydrogen) atoms. The Morgan fingerprint density at radius 2 is 1.90 bits per heavy atom. The van der Waals surface area contributed by atoms with Gasteiger partial charge in [0.1, 0.15) is 17.8 Å². The molecular weight excluding hydrogens is 394 g/mol. The van der Waals surface area contributed by atoms with Gasteiger partial charge in [-0.2, -0.15) is 0 Å². The molecule has 0 radical (unpaired) electrons. The lowest BCUT2D eigenvalue weighted by atomic mass is 10.0. The van der Waals surface area contributed by atoms with Gasteiger partial charge in [-0.3, -0.25) is 9.69 Å². The number of nitrogens with one attached hydrogen (secondary N) is 1. The average molecular weight is 426 g/mol. The lowest BCUT2D eigenvalue weighted by Crippen LogP contribution is -2.36. The molecule has 1 unspecified atom stereocenters. The molecule has 1 atom stereocenters. The Bertz CT molecular complexity index is 932. The first-order valence-electron chi connectivity index (χ1n) is 10.7. The van der Waals surface area contributed by atoms with E-state index in [4.69, 9.17) is 13.6 Å². The Balaban J connectivity index is 1.64. The molecular formula is C24H31N3O4. The smallest absolute Gasteiger partial charge is 0.273 e. The summed E-state index contributed by atoms with van der Waals surface area (Å²) in [4.78, 5) is 19.1. The van der Waals surface area contributed by atoms with Crippen LogP contribution in [0.25, 0.3) is 0 Å². The van der Waals surface area contributed by atoms with Crippen molar-refractivity contribution in [1.82, 2.24) is 15.2 Å². The largest absolute Gasteiger partial charge is 0.494 e. The zero-order chi connectivity index (χ0) is 22.2. The van der Waals surface area contributed by atoms with Gasteiger partial charge in [0.15, 0.2) is 5.69 Å². The van der Waals surface area contributed by atoms with E-state index in [2.05, 4.69) is 48.1 Å². The number of hydrogen-bond donors (Lipinski definition) is 1. The number of ether oxygens (including phenoxy) is 1. The summed E-state index contributed by atoms with van der Waals surface area (Å²) in [7, 11) is 0. The summed E-state index contributed by atoms with van der Waals surface area (Å²) in [6.45, 7) is 10.8. The number of amides is 1. The van der Waals surface area contributed by atoms with E-state index < -0.39 is 0 Å². The third-order valence-corrected chi connectivity index (χ3v) is 5.29. The molecule has 1 aromatic carbocycles. The molecule has 166 valence electrons. The highest BCUT2D eigenvalue weighted by atomic mass is 16.5. The van der Waals surface area contributed by atoms with E-state index in [1.54, 1.807) is 18.4 Å². The number of oxazole rings is 1. The van der Waals surface area contributed by atoms with Gasteiger partial charge in [0.2, 0.25) is 5.89 Å². The van der Waals surface area contributed by atoms with Gasteiger partial charge in [-0.05, 0) is 49.6 Å². The molecule has 0 aliphatic rings. The Morgan fingerprint density at radius 3 is 2.55 bits per heavy atom. The number of carbonyl (C=O) groups excluding carboxylic acids is 1. The highest BCUT2D eigenvalue weighted by Gasteiger charge is 2.21. The van der Waals surface area contributed by atoms with E-state index in [-0.39, 0.29) is 11.6 Å². The minimum absolute atomic E-state index is 0.264. The monoisotopic (exact) mass is 425 g/mol. The molecule has 3 rings (SSSR count). The van der Waals surface area contributed by atoms with E-state index in [9.17, 15) is 4.79 Å². The van der Waals surface area contributed by atoms with Gasteiger partial charge in [0.25, 0.3) is 5.91 Å². The van der Waals surface area contributed by atoms with E-state index in [1.165, 1.54) is 11.8 Å². The summed E-state index contributed by atoms with van der Waals surface area (Å²) in [6.07, 6.45) is 2.98. The topological polar surface area (TPSA) is 80.7 Å². The maximum absolute atomic E-state index is 12.4. The molecule has 7 heteroatoms. The Hall–Kier alpha value is -3.06. The zero-order valence-corrected chi connectivity index (χ0v) is 18.6. The first kappa shape index (κ1) is 22.6. The maximum atomic E-state index is 12.4. The van der Waals surface area contributed by atoms with Crippen LogP contribution >= 0.6 is 0 Å². The molecule has 0 fully saturated rings. The third-order valence-electron chi connectivity index (χ3n) is 5.29. The van der Waals surface area contributed by atoms with Crippen molar-refractivity contribution in [2.75, 3.05) is 6.61 Å². The molecule has 1 N–H and O–H groups in total. The second kappa shape index (κ2) is 10.8. The van der Waals surface area contributed by atoms with Crippen molar-refractivity contribution in [3.8, 4) is 5.75 Å². The number of rotatable bonds is 11. The summed E-state index contributed by atoms with van der Waals surface area (Å²) in [5, 5.41) is 2.78. The number of nitrogens with zero attached hydrogens (tertiary/aromatic N) is 2. The van der Waals surface area contributed by atoms with Crippen molar-refractivity contribution in [2.24, 2.45) is 5.92 Å². The number of hydrogen-bond acceptors (Lipinski definition) is 6. The van der Waals surface area contributed by atoms with Crippen LogP contribution in [0.3, 0.4) is 0 Å². The van der Waals surface area contributed by atoms with Crippen LogP contribution in [0, 0.1) is 5.92 Å². The van der Waals surface area contributed by atoms with E-state index in [0.29, 0.717) is 43.3 Å². The van der Waals surface area contributed by atoms with Crippen LogP contribution < -0.4 is 10.1 Å². The zero-order valence-electron chi connectivity index (χ0n) is 18.6. The third kappa shape index (κ3) is 6.46. The maximum Gasteiger partial charge on any atom is 0.273 e. The van der Waals surface area contributed by atoms with Crippen molar-refractivity contribution in [3.05, 3.63) is 71.8 Å². The van der Waals surface area contributed by atoms with Crippen LogP contribution in [-0.4, -0.2) is 28.4 Å². The van der Waals surface area contributed by atoms with Crippen LogP contribution in [0.1, 0.15) is 55.4 Å². The fourth-order valence-electron chi connectivity index (χ4n) is 3.19. The molecule has 1 amide bonds. The minimum atomic E-state index is -0.290. The van der Waals surface area contributed by atoms with Crippen LogP contribution in [0.5, 0.6) is 5.75 Å². The van der Waals surface area contributed by atoms with Gasteiger partial charge in [0, 0.05) is 12.6 Å². The summed E-state index contributed by atoms with van der Waals surface area (Å²) in [6, 6.07) is 12.0. The summed E-state index contributed by atoms with van der Waals surface area (Å²) < 4.78 is 16.4. The van der Waals surface area contributed by atoms with Crippen molar-refractivity contribution >= 4 is 5.91 Å². The van der Waals surface area contributed by atoms with Gasteiger partial charge in [-0.1, -0.05) is 26.0 Å². The van der Waals surface area contributed by atoms with Crippen molar-refractivity contribution in [2.45, 2.75) is 53.4 Å². The molecule has 2 aromatic heterocycles. The summed E-state index contributed by atoms with van der Waals surface area (Å²) >= 11 is 0. The molecule has 0 aliphatic heterocycles. The first-order chi connectivity index (χ1) is 15.0. The lowest BCUT2D eigenvalue weighted by Gasteiger charge is -2.30. The normalized spacial score (nSPS) is 12.3. The number of carbonyl (C=O) groups is 1. The fraction of sp³-hybridized carbons (Fsp3) is 0.417. The standard InChI is InChI=1S/C24H31N3O4/c1-5-29-20-10-8-19(9-11-20)14-27(18(4)17(2)3)15-23-26-22(16-31-23)24(28)25-13-21-7-6-12-30-21/h6-12,16-18H,5,13-15H2,1-4H3,(H,25,28). The van der Waals surface area contributed by atoms with Crippen LogP contribution in [0.2, 0.25) is 0 Å². The highest BCUT2D eigenvalue weighted by Crippen LogP contribution is 2.20. The second-order valence-electron chi connectivity index (χ2n) is 7.86. The summed E-state index contributed by atoms with van der Waals surface area (Å²) in [5.74, 6) is 2.23. The Morgan fingerprint density at radius 1 is 1.13 bits per heavy atom. The second-order valence-corrected chi connectivity index (χ2v) is 7.86. The van der Waals surface area contributed by atoms with Gasteiger partial charge in [-0.15, -0.1) is 0 Å². The van der Waals surface area contributed by atoms with E-state index >= 15 is 0 Å². The predicted octanol–water partition coefficient (Wildman–Crippen LogP) is 4.64. The number of benzene rings is 1. The molecule has 0 saturated heterocycles. The van der Waals surface area contributed by atoms with E-state index in [1.807, 2.05) is 19.1 Å².